The number of hydrogen-bond acceptors (Lipinski definition) is 5. The van der Waals surface area contributed by atoms with Gasteiger partial charge in [0.1, 0.15) is 6.04 Å². The summed E-state index contributed by atoms with van der Waals surface area (Å²) >= 11 is 1.31. The van der Waals surface area contributed by atoms with Gasteiger partial charge in [0.15, 0.2) is 5.13 Å². The quantitative estimate of drug-likeness (QED) is 0.650. The van der Waals surface area contributed by atoms with Gasteiger partial charge >= 0.3 is 0 Å². The second-order valence-electron chi connectivity index (χ2n) is 2.87. The number of hydrogen-bond donors (Lipinski definition) is 3. The number of nitrogens with zero attached hydrogens (tertiary/aromatic N) is 1. The Morgan fingerprint density at radius 2 is 2.40 bits per heavy atom. The largest absolute Gasteiger partial charge is 0.354 e. The molecule has 0 aliphatic rings. The van der Waals surface area contributed by atoms with Crippen molar-refractivity contribution >= 4 is 28.3 Å². The molecule has 6 nitrogen and oxygen atoms in total. The summed E-state index contributed by atoms with van der Waals surface area (Å²) in [7, 11) is 0. The van der Waals surface area contributed by atoms with Gasteiger partial charge in [-0.1, -0.05) is 0 Å². The number of carbonyl (C=O) groups excluding carboxylic acids is 2. The second-order valence-corrected chi connectivity index (χ2v) is 3.76. The maximum Gasteiger partial charge on any atom is 0.244 e. The first-order valence-corrected chi connectivity index (χ1v) is 5.18. The molecule has 0 aliphatic carbocycles. The van der Waals surface area contributed by atoms with Crippen molar-refractivity contribution in [1.29, 1.82) is 0 Å². The van der Waals surface area contributed by atoms with E-state index < -0.39 is 6.04 Å². The van der Waals surface area contributed by atoms with E-state index in [1.165, 1.54) is 18.3 Å². The van der Waals surface area contributed by atoms with Crippen LogP contribution in [0.2, 0.25) is 0 Å². The zero-order chi connectivity index (χ0) is 11.3. The number of nitrogens with one attached hydrogen (secondary N) is 2. The molecule has 0 saturated carbocycles. The van der Waals surface area contributed by atoms with Crippen LogP contribution < -0.4 is 16.4 Å². The van der Waals surface area contributed by atoms with Gasteiger partial charge in [-0.05, 0) is 0 Å². The molecule has 1 atom stereocenters. The number of nitrogens with two attached hydrogens (primary N) is 1. The molecule has 0 unspecified atom stereocenters. The average molecular weight is 228 g/mol. The fourth-order valence-corrected chi connectivity index (χ4v) is 1.36. The van der Waals surface area contributed by atoms with Gasteiger partial charge in [-0.3, -0.25) is 9.59 Å². The predicted molar refractivity (Wildman–Crippen MR) is 57.4 cm³/mol. The van der Waals surface area contributed by atoms with Crippen LogP contribution in [-0.2, 0) is 9.59 Å². The summed E-state index contributed by atoms with van der Waals surface area (Å²) < 4.78 is 0. The van der Waals surface area contributed by atoms with Crippen LogP contribution in [0.3, 0.4) is 0 Å². The summed E-state index contributed by atoms with van der Waals surface area (Å²) in [5.74, 6) is -0.578. The number of amides is 2. The molecular formula is C8H12N4O2S. The van der Waals surface area contributed by atoms with Crippen LogP contribution in [0.25, 0.3) is 0 Å². The van der Waals surface area contributed by atoms with Gasteiger partial charge < -0.3 is 16.4 Å². The molecule has 1 rings (SSSR count). The van der Waals surface area contributed by atoms with E-state index in [0.717, 1.165) is 0 Å². The highest BCUT2D eigenvalue weighted by molar-refractivity contribution is 7.13. The first kappa shape index (κ1) is 11.6. The van der Waals surface area contributed by atoms with Crippen molar-refractivity contribution in [2.75, 3.05) is 11.9 Å². The minimum absolute atomic E-state index is 0.118. The van der Waals surface area contributed by atoms with Crippen LogP contribution >= 0.6 is 11.3 Å². The maximum atomic E-state index is 11.4. The number of carbonyl (C=O) groups is 2. The highest BCUT2D eigenvalue weighted by atomic mass is 32.1. The lowest BCUT2D eigenvalue weighted by Crippen LogP contribution is -2.44. The molecule has 0 aromatic carbocycles. The first-order chi connectivity index (χ1) is 7.09. The first-order valence-electron chi connectivity index (χ1n) is 4.30. The van der Waals surface area contributed by atoms with Gasteiger partial charge in [-0.25, -0.2) is 4.98 Å². The van der Waals surface area contributed by atoms with Gasteiger partial charge in [0.05, 0.1) is 0 Å². The van der Waals surface area contributed by atoms with Gasteiger partial charge in [0, 0.05) is 25.0 Å². The van der Waals surface area contributed by atoms with Gasteiger partial charge in [0.2, 0.25) is 11.8 Å². The number of rotatable bonds is 4. The van der Waals surface area contributed by atoms with Crippen molar-refractivity contribution in [3.05, 3.63) is 11.6 Å². The smallest absolute Gasteiger partial charge is 0.244 e. The Balaban J connectivity index is 2.36. The SMILES string of the molecule is CC(=O)NC[C@H](N)C(=O)Nc1nccs1. The van der Waals surface area contributed by atoms with E-state index in [1.54, 1.807) is 11.6 Å². The molecule has 82 valence electrons. The summed E-state index contributed by atoms with van der Waals surface area (Å²) in [5, 5.41) is 7.25. The number of thiazole rings is 1. The van der Waals surface area contributed by atoms with Crippen LogP contribution in [-0.4, -0.2) is 29.4 Å². The molecule has 1 heterocycles. The molecular weight excluding hydrogens is 216 g/mol. The van der Waals surface area contributed by atoms with E-state index in [1.807, 2.05) is 0 Å². The highest BCUT2D eigenvalue weighted by Gasteiger charge is 2.14. The third-order valence-electron chi connectivity index (χ3n) is 1.57. The Morgan fingerprint density at radius 3 is 2.93 bits per heavy atom. The van der Waals surface area contributed by atoms with Crippen molar-refractivity contribution in [3.8, 4) is 0 Å². The van der Waals surface area contributed by atoms with Crippen molar-refractivity contribution in [2.45, 2.75) is 13.0 Å². The van der Waals surface area contributed by atoms with E-state index in [4.69, 9.17) is 5.73 Å². The Morgan fingerprint density at radius 1 is 1.67 bits per heavy atom. The summed E-state index contributed by atoms with van der Waals surface area (Å²) in [6.45, 7) is 1.48. The van der Waals surface area contributed by atoms with E-state index in [9.17, 15) is 9.59 Å². The zero-order valence-corrected chi connectivity index (χ0v) is 9.00. The highest BCUT2D eigenvalue weighted by Crippen LogP contribution is 2.09. The monoisotopic (exact) mass is 228 g/mol. The minimum Gasteiger partial charge on any atom is -0.354 e. The molecule has 7 heteroatoms. The Labute approximate surface area is 90.9 Å². The topological polar surface area (TPSA) is 97.1 Å². The zero-order valence-electron chi connectivity index (χ0n) is 8.19. The number of aromatic nitrogens is 1. The maximum absolute atomic E-state index is 11.4. The second kappa shape index (κ2) is 5.42. The van der Waals surface area contributed by atoms with Crippen LogP contribution in [0.5, 0.6) is 0 Å². The molecule has 15 heavy (non-hydrogen) atoms. The molecule has 4 N–H and O–H groups in total. The molecule has 2 amide bonds. The summed E-state index contributed by atoms with van der Waals surface area (Å²) in [4.78, 5) is 25.9. The third-order valence-corrected chi connectivity index (χ3v) is 2.26. The fraction of sp³-hybridized carbons (Fsp3) is 0.375. The Kier molecular flexibility index (Phi) is 4.19. The number of anilines is 1. The van der Waals surface area contributed by atoms with Crippen LogP contribution in [0.15, 0.2) is 11.6 Å². The third kappa shape index (κ3) is 4.05. The lowest BCUT2D eigenvalue weighted by atomic mass is 10.3. The van der Waals surface area contributed by atoms with Crippen molar-refractivity contribution in [1.82, 2.24) is 10.3 Å². The van der Waals surface area contributed by atoms with Gasteiger partial charge in [0.25, 0.3) is 0 Å². The fourth-order valence-electron chi connectivity index (χ4n) is 0.830. The summed E-state index contributed by atoms with van der Waals surface area (Å²) in [6, 6.07) is -0.766. The molecule has 0 bridgehead atoms. The van der Waals surface area contributed by atoms with Crippen LogP contribution in [0, 0.1) is 0 Å². The molecule has 1 aromatic rings. The lowest BCUT2D eigenvalue weighted by Gasteiger charge is -2.10. The minimum atomic E-state index is -0.766. The van der Waals surface area contributed by atoms with E-state index in [0.29, 0.717) is 5.13 Å². The summed E-state index contributed by atoms with van der Waals surface area (Å²) in [5.41, 5.74) is 5.53. The Bertz CT molecular complexity index is 338. The molecule has 0 saturated heterocycles. The van der Waals surface area contributed by atoms with E-state index in [2.05, 4.69) is 15.6 Å². The van der Waals surface area contributed by atoms with Crippen molar-refractivity contribution < 1.29 is 9.59 Å². The van der Waals surface area contributed by atoms with Crippen molar-refractivity contribution in [3.63, 3.8) is 0 Å². The van der Waals surface area contributed by atoms with Crippen molar-refractivity contribution in [2.24, 2.45) is 5.73 Å². The van der Waals surface area contributed by atoms with Crippen LogP contribution in [0.4, 0.5) is 5.13 Å². The normalized spacial score (nSPS) is 11.9. The van der Waals surface area contributed by atoms with Gasteiger partial charge in [-0.15, -0.1) is 11.3 Å². The average Bonchev–Trinajstić information content (AvgIpc) is 2.66. The lowest BCUT2D eigenvalue weighted by molar-refractivity contribution is -0.119. The molecule has 0 fully saturated rings. The van der Waals surface area contributed by atoms with Crippen LogP contribution in [0.1, 0.15) is 6.92 Å². The predicted octanol–water partition coefficient (Wildman–Crippen LogP) is -0.455. The molecule has 1 aromatic heterocycles. The molecule has 0 spiro atoms. The van der Waals surface area contributed by atoms with E-state index in [-0.39, 0.29) is 18.4 Å². The van der Waals surface area contributed by atoms with E-state index >= 15 is 0 Å². The van der Waals surface area contributed by atoms with Gasteiger partial charge in [-0.2, -0.15) is 0 Å². The molecule has 0 aliphatic heterocycles. The summed E-state index contributed by atoms with van der Waals surface area (Å²) in [6.07, 6.45) is 1.58. The Hall–Kier alpha value is -1.47. The molecule has 0 radical (unpaired) electrons. The standard InChI is InChI=1S/C8H12N4O2S/c1-5(13)11-4-6(9)7(14)12-8-10-2-3-15-8/h2-3,6H,4,9H2,1H3,(H,11,13)(H,10,12,14)/t6-/m0/s1.